The Labute approximate surface area is 62.0 Å². The Morgan fingerprint density at radius 3 is 1.67 bits per heavy atom. The molecular weight excluding hydrogens is 316 g/mol. The average molecular weight is 318 g/mol. The van der Waals surface area contributed by atoms with E-state index in [2.05, 4.69) is 0 Å². The lowest BCUT2D eigenvalue weighted by molar-refractivity contribution is 0.349. The molecule has 0 spiro atoms. The number of hydrogen-bond donors (Lipinski definition) is 0. The summed E-state index contributed by atoms with van der Waals surface area (Å²) >= 11 is 2.77. The summed E-state index contributed by atoms with van der Waals surface area (Å²) in [5.41, 5.74) is 0. The van der Waals surface area contributed by atoms with Gasteiger partial charge < -0.3 is 0 Å². The molecule has 0 saturated carbocycles. The molecule has 38 valence electrons. The molecule has 0 aliphatic heterocycles. The highest BCUT2D eigenvalue weighted by Crippen LogP contribution is 2.28. The van der Waals surface area contributed by atoms with E-state index in [0.29, 0.717) is 0 Å². The second kappa shape index (κ2) is 2.58. The Morgan fingerprint density at radius 1 is 1.50 bits per heavy atom. The molecule has 0 N–H and O–H groups in total. The van der Waals surface area contributed by atoms with Gasteiger partial charge in [-0.25, -0.2) is 8.78 Å². The second-order valence-electron chi connectivity index (χ2n) is 0.749. The lowest BCUT2D eigenvalue weighted by Gasteiger charge is -1.99. The highest BCUT2D eigenvalue weighted by atomic mass is 127. The fourth-order valence-electron chi connectivity index (χ4n) is 0. The molecule has 0 bridgehead atoms. The Hall–Kier alpha value is 1.32. The van der Waals surface area contributed by atoms with Crippen LogP contribution in [0.15, 0.2) is 0 Å². The van der Waals surface area contributed by atoms with Gasteiger partial charge in [0.2, 0.25) is 1.68 Å². The standard InChI is InChI=1S/C2H2F2I2/c3-1-2(4,5)6/h1H2. The van der Waals surface area contributed by atoms with E-state index in [1.807, 2.05) is 0 Å². The maximum absolute atomic E-state index is 11.7. The summed E-state index contributed by atoms with van der Waals surface area (Å²) in [5, 5.41) is 0. The molecule has 0 fully saturated rings. The van der Waals surface area contributed by atoms with Gasteiger partial charge in [-0.1, -0.05) is 0 Å². The van der Waals surface area contributed by atoms with Crippen molar-refractivity contribution in [1.82, 2.24) is 0 Å². The molecule has 0 aromatic rings. The van der Waals surface area contributed by atoms with Crippen molar-refractivity contribution in [3.05, 3.63) is 0 Å². The lowest BCUT2D eigenvalue weighted by atomic mass is 10.9. The third-order valence-electron chi connectivity index (χ3n) is 0.152. The molecule has 0 aromatic carbocycles. The van der Waals surface area contributed by atoms with Gasteiger partial charge in [0, 0.05) is 0 Å². The van der Waals surface area contributed by atoms with Crippen LogP contribution in [0.5, 0.6) is 0 Å². The van der Waals surface area contributed by atoms with Gasteiger partial charge in [0.25, 0.3) is 0 Å². The van der Waals surface area contributed by atoms with Crippen LogP contribution in [0.3, 0.4) is 0 Å². The predicted molar refractivity (Wildman–Crippen MR) is 37.9 cm³/mol. The van der Waals surface area contributed by atoms with Gasteiger partial charge in [0.05, 0.1) is 0 Å². The molecular formula is C2H2F2I2. The van der Waals surface area contributed by atoms with Crippen molar-refractivity contribution in [2.24, 2.45) is 0 Å². The minimum Gasteiger partial charge on any atom is -0.246 e. The van der Waals surface area contributed by atoms with Crippen LogP contribution in [-0.2, 0) is 0 Å². The number of rotatable bonds is 1. The Morgan fingerprint density at radius 2 is 1.67 bits per heavy atom. The largest absolute Gasteiger partial charge is 0.246 e. The molecule has 0 rings (SSSR count). The molecule has 0 aromatic heterocycles. The molecule has 0 aliphatic carbocycles. The first-order valence-corrected chi connectivity index (χ1v) is 3.35. The normalized spacial score (nSPS) is 12.0. The number of hydrogen-bond acceptors (Lipinski definition) is 0. The second-order valence-corrected chi connectivity index (χ2v) is 6.23. The summed E-state index contributed by atoms with van der Waals surface area (Å²) in [6, 6.07) is 0. The summed E-state index contributed by atoms with van der Waals surface area (Å²) in [4.78, 5) is 0. The smallest absolute Gasteiger partial charge is 0.238 e. The SMILES string of the molecule is FCC(F)(I)I. The van der Waals surface area contributed by atoms with Gasteiger partial charge in [0.15, 0.2) is 0 Å². The van der Waals surface area contributed by atoms with Gasteiger partial charge in [-0.3, -0.25) is 0 Å². The summed E-state index contributed by atoms with van der Waals surface area (Å²) in [5.74, 6) is 0. The zero-order valence-corrected chi connectivity index (χ0v) is 7.03. The van der Waals surface area contributed by atoms with E-state index in [9.17, 15) is 8.78 Å². The maximum atomic E-state index is 11.7. The highest BCUT2D eigenvalue weighted by molar-refractivity contribution is 14.2. The summed E-state index contributed by atoms with van der Waals surface area (Å²) < 4.78 is 21.1. The van der Waals surface area contributed by atoms with Crippen LogP contribution in [0.2, 0.25) is 0 Å². The minimum atomic E-state index is -1.69. The maximum Gasteiger partial charge on any atom is 0.238 e. The van der Waals surface area contributed by atoms with Crippen LogP contribution in [0.25, 0.3) is 0 Å². The van der Waals surface area contributed by atoms with Crippen LogP contribution in [0, 0.1) is 0 Å². The molecule has 0 unspecified atom stereocenters. The van der Waals surface area contributed by atoms with E-state index in [4.69, 9.17) is 0 Å². The molecule has 4 heteroatoms. The molecule has 0 aliphatic rings. The van der Waals surface area contributed by atoms with Crippen LogP contribution >= 0.6 is 45.2 Å². The van der Waals surface area contributed by atoms with Gasteiger partial charge >= 0.3 is 0 Å². The van der Waals surface area contributed by atoms with E-state index in [1.54, 1.807) is 0 Å². The summed E-state index contributed by atoms with van der Waals surface area (Å²) in [7, 11) is 0. The van der Waals surface area contributed by atoms with Crippen molar-refractivity contribution in [2.75, 3.05) is 6.67 Å². The van der Waals surface area contributed by atoms with Crippen LogP contribution in [-0.4, -0.2) is 8.36 Å². The molecule has 0 amide bonds. The molecule has 0 saturated heterocycles. The first-order chi connectivity index (χ1) is 2.56. The average Bonchev–Trinajstić information content (AvgIpc) is 1.35. The van der Waals surface area contributed by atoms with Crippen molar-refractivity contribution >= 4 is 45.2 Å². The van der Waals surface area contributed by atoms with Crippen molar-refractivity contribution in [3.8, 4) is 0 Å². The Bertz CT molecular complexity index is 39.3. The lowest BCUT2D eigenvalue weighted by Crippen LogP contribution is -2.02. The Kier molecular flexibility index (Phi) is 3.15. The predicted octanol–water partition coefficient (Wildman–Crippen LogP) is 2.45. The van der Waals surface area contributed by atoms with Crippen molar-refractivity contribution in [3.63, 3.8) is 0 Å². The fraction of sp³-hybridized carbons (Fsp3) is 1.00. The van der Waals surface area contributed by atoms with Gasteiger partial charge in [0.1, 0.15) is 6.67 Å². The van der Waals surface area contributed by atoms with Gasteiger partial charge in [-0.15, -0.1) is 0 Å². The van der Waals surface area contributed by atoms with E-state index >= 15 is 0 Å². The molecule has 6 heavy (non-hydrogen) atoms. The topological polar surface area (TPSA) is 0 Å². The molecule has 0 nitrogen and oxygen atoms in total. The first-order valence-electron chi connectivity index (χ1n) is 1.19. The fourth-order valence-corrected chi connectivity index (χ4v) is 0. The summed E-state index contributed by atoms with van der Waals surface area (Å²) in [6.07, 6.45) is 0. The van der Waals surface area contributed by atoms with E-state index < -0.39 is 8.36 Å². The van der Waals surface area contributed by atoms with E-state index in [0.717, 1.165) is 0 Å². The zero-order chi connectivity index (χ0) is 5.21. The minimum absolute atomic E-state index is 0.923. The molecule has 0 atom stereocenters. The van der Waals surface area contributed by atoms with Crippen LogP contribution in [0.1, 0.15) is 0 Å². The Balaban J connectivity index is 3.17. The quantitative estimate of drug-likeness (QED) is 0.515. The summed E-state index contributed by atoms with van der Waals surface area (Å²) in [6.45, 7) is -0.923. The highest BCUT2D eigenvalue weighted by Gasteiger charge is 2.18. The van der Waals surface area contributed by atoms with Gasteiger partial charge in [-0.2, -0.15) is 0 Å². The van der Waals surface area contributed by atoms with Crippen molar-refractivity contribution in [2.45, 2.75) is 1.68 Å². The molecule has 0 heterocycles. The molecule has 0 radical (unpaired) electrons. The van der Waals surface area contributed by atoms with E-state index in [-0.39, 0.29) is 0 Å². The third kappa shape index (κ3) is 5.32. The zero-order valence-electron chi connectivity index (χ0n) is 2.72. The number of halogens is 4. The first kappa shape index (κ1) is 7.32. The van der Waals surface area contributed by atoms with Crippen LogP contribution in [0.4, 0.5) is 8.78 Å². The van der Waals surface area contributed by atoms with Gasteiger partial charge in [-0.05, 0) is 45.2 Å². The van der Waals surface area contributed by atoms with E-state index in [1.165, 1.54) is 45.2 Å². The number of alkyl halides is 4. The van der Waals surface area contributed by atoms with Crippen molar-refractivity contribution < 1.29 is 8.78 Å². The third-order valence-corrected chi connectivity index (χ3v) is 0.728. The van der Waals surface area contributed by atoms with Crippen molar-refractivity contribution in [1.29, 1.82) is 0 Å². The monoisotopic (exact) mass is 318 g/mol. The van der Waals surface area contributed by atoms with Crippen LogP contribution < -0.4 is 0 Å².